The summed E-state index contributed by atoms with van der Waals surface area (Å²) in [5.74, 6) is 0.698. The maximum absolute atomic E-state index is 14.2. The lowest BCUT2D eigenvalue weighted by Gasteiger charge is -2.34. The van der Waals surface area contributed by atoms with Crippen LogP contribution in [-0.2, 0) is 9.89 Å². The Balaban J connectivity index is 2.49. The summed E-state index contributed by atoms with van der Waals surface area (Å²) in [6, 6.07) is 13.3. The van der Waals surface area contributed by atoms with E-state index in [-0.39, 0.29) is 17.8 Å². The predicted molar refractivity (Wildman–Crippen MR) is 100 cm³/mol. The van der Waals surface area contributed by atoms with Crippen LogP contribution in [0.5, 0.6) is 5.75 Å². The highest BCUT2D eigenvalue weighted by Crippen LogP contribution is 2.50. The molecule has 2 nitrogen and oxygen atoms in total. The van der Waals surface area contributed by atoms with Gasteiger partial charge < -0.3 is 9.47 Å². The Bertz CT molecular complexity index is 668. The topological polar surface area (TPSA) is 18.5 Å². The van der Waals surface area contributed by atoms with E-state index in [4.69, 9.17) is 9.47 Å². The lowest BCUT2D eigenvalue weighted by atomic mass is 9.90. The molecule has 0 aliphatic carbocycles. The summed E-state index contributed by atoms with van der Waals surface area (Å²) >= 11 is 0. The van der Waals surface area contributed by atoms with Crippen LogP contribution in [-0.4, -0.2) is 13.9 Å². The number of hydrogen-bond donors (Lipinski definition) is 0. The number of methoxy groups -OCH3 is 1. The fraction of sp³-hybridized carbons (Fsp3) is 0.400. The standard InChI is InChI=1S/C20H26FO2P/c1-5-20(6-2,24-19-10-8-7-9-17(19)21)16-13-15(3)11-12-18(16)23-14-22-4/h7-13,24H,5-6,14H2,1-4H3. The minimum atomic E-state index is -0.142. The first kappa shape index (κ1) is 18.9. The molecule has 0 bridgehead atoms. The Morgan fingerprint density at radius 3 is 2.42 bits per heavy atom. The summed E-state index contributed by atoms with van der Waals surface area (Å²) in [5, 5.41) is 0.637. The van der Waals surface area contributed by atoms with Gasteiger partial charge in [0.15, 0.2) is 6.79 Å². The molecule has 0 amide bonds. The SMILES string of the molecule is CCC(CC)(Pc1ccccc1F)c1cc(C)ccc1OCOC. The van der Waals surface area contributed by atoms with Crippen LogP contribution in [0.15, 0.2) is 42.5 Å². The average Bonchev–Trinajstić information content (AvgIpc) is 2.60. The molecule has 4 heteroatoms. The van der Waals surface area contributed by atoms with Gasteiger partial charge in [0.25, 0.3) is 0 Å². The van der Waals surface area contributed by atoms with Crippen molar-refractivity contribution in [1.29, 1.82) is 0 Å². The largest absolute Gasteiger partial charge is 0.467 e. The summed E-state index contributed by atoms with van der Waals surface area (Å²) in [7, 11) is 1.96. The van der Waals surface area contributed by atoms with Crippen LogP contribution >= 0.6 is 8.58 Å². The van der Waals surface area contributed by atoms with Gasteiger partial charge in [-0.25, -0.2) is 4.39 Å². The Morgan fingerprint density at radius 1 is 1.08 bits per heavy atom. The molecule has 130 valence electrons. The molecule has 0 fully saturated rings. The van der Waals surface area contributed by atoms with Crippen molar-refractivity contribution < 1.29 is 13.9 Å². The van der Waals surface area contributed by atoms with Crippen molar-refractivity contribution in [1.82, 2.24) is 0 Å². The third-order valence-electron chi connectivity index (χ3n) is 4.44. The summed E-state index contributed by atoms with van der Waals surface area (Å²) in [5.41, 5.74) is 2.32. The Labute approximate surface area is 146 Å². The highest BCUT2D eigenvalue weighted by molar-refractivity contribution is 7.48. The van der Waals surface area contributed by atoms with E-state index in [9.17, 15) is 4.39 Å². The van der Waals surface area contributed by atoms with E-state index in [2.05, 4.69) is 26.8 Å². The number of halogens is 1. The highest BCUT2D eigenvalue weighted by Gasteiger charge is 2.33. The monoisotopic (exact) mass is 348 g/mol. The third kappa shape index (κ3) is 4.15. The molecule has 0 aliphatic rings. The Hall–Kier alpha value is -1.44. The maximum Gasteiger partial charge on any atom is 0.188 e. The number of rotatable bonds is 8. The van der Waals surface area contributed by atoms with Crippen molar-refractivity contribution in [2.75, 3.05) is 13.9 Å². The highest BCUT2D eigenvalue weighted by atomic mass is 31.1. The molecule has 0 aliphatic heterocycles. The summed E-state index contributed by atoms with van der Waals surface area (Å²) < 4.78 is 25.1. The van der Waals surface area contributed by atoms with Crippen molar-refractivity contribution in [2.24, 2.45) is 0 Å². The molecular formula is C20H26FO2P. The fourth-order valence-corrected chi connectivity index (χ4v) is 4.54. The molecule has 0 saturated carbocycles. The Morgan fingerprint density at radius 2 is 1.79 bits per heavy atom. The van der Waals surface area contributed by atoms with Gasteiger partial charge in [-0.1, -0.05) is 58.3 Å². The quantitative estimate of drug-likeness (QED) is 0.486. The molecule has 0 N–H and O–H groups in total. The molecule has 1 unspecified atom stereocenters. The maximum atomic E-state index is 14.2. The third-order valence-corrected chi connectivity index (χ3v) is 6.57. The zero-order valence-corrected chi connectivity index (χ0v) is 15.9. The van der Waals surface area contributed by atoms with Gasteiger partial charge in [-0.3, -0.25) is 0 Å². The molecule has 0 spiro atoms. The number of ether oxygens (including phenoxy) is 2. The molecule has 2 aromatic rings. The Kier molecular flexibility index (Phi) is 6.77. The van der Waals surface area contributed by atoms with Gasteiger partial charge in [0.2, 0.25) is 0 Å². The van der Waals surface area contributed by atoms with Gasteiger partial charge in [-0.15, -0.1) is 0 Å². The summed E-state index contributed by atoms with van der Waals surface area (Å²) in [4.78, 5) is 0. The number of aryl methyl sites for hydroxylation is 1. The second-order valence-electron chi connectivity index (χ2n) is 5.94. The predicted octanol–water partition coefficient (Wildman–Crippen LogP) is 5.14. The van der Waals surface area contributed by atoms with E-state index in [1.807, 2.05) is 24.3 Å². The summed E-state index contributed by atoms with van der Waals surface area (Å²) in [6.45, 7) is 6.62. The van der Waals surface area contributed by atoms with Gasteiger partial charge >= 0.3 is 0 Å². The van der Waals surface area contributed by atoms with E-state index in [0.717, 1.165) is 29.5 Å². The van der Waals surface area contributed by atoms with Gasteiger partial charge in [0.05, 0.1) is 0 Å². The first-order chi connectivity index (χ1) is 11.6. The zero-order chi connectivity index (χ0) is 17.6. The van der Waals surface area contributed by atoms with E-state index in [1.165, 1.54) is 11.6 Å². The van der Waals surface area contributed by atoms with Crippen LogP contribution in [0, 0.1) is 12.7 Å². The number of hydrogen-bond acceptors (Lipinski definition) is 2. The van der Waals surface area contributed by atoms with Crippen molar-refractivity contribution >= 4 is 13.9 Å². The lowest BCUT2D eigenvalue weighted by Crippen LogP contribution is -2.24. The van der Waals surface area contributed by atoms with Crippen molar-refractivity contribution in [3.8, 4) is 5.75 Å². The molecule has 0 heterocycles. The van der Waals surface area contributed by atoms with Crippen LogP contribution in [0.4, 0.5) is 4.39 Å². The first-order valence-corrected chi connectivity index (χ1v) is 9.32. The van der Waals surface area contributed by atoms with Crippen molar-refractivity contribution in [3.05, 3.63) is 59.4 Å². The molecule has 2 aromatic carbocycles. The van der Waals surface area contributed by atoms with E-state index in [1.54, 1.807) is 13.2 Å². The second-order valence-corrected chi connectivity index (χ2v) is 7.69. The van der Waals surface area contributed by atoms with Crippen LogP contribution in [0.25, 0.3) is 0 Å². The molecule has 0 saturated heterocycles. The first-order valence-electron chi connectivity index (χ1n) is 8.32. The van der Waals surface area contributed by atoms with Crippen LogP contribution in [0.3, 0.4) is 0 Å². The fourth-order valence-electron chi connectivity index (χ4n) is 2.96. The molecule has 24 heavy (non-hydrogen) atoms. The van der Waals surface area contributed by atoms with Crippen LogP contribution in [0.1, 0.15) is 37.8 Å². The van der Waals surface area contributed by atoms with Gasteiger partial charge in [0.1, 0.15) is 11.6 Å². The molecule has 1 atom stereocenters. The van der Waals surface area contributed by atoms with E-state index >= 15 is 0 Å². The average molecular weight is 348 g/mol. The normalized spacial score (nSPS) is 12.0. The zero-order valence-electron chi connectivity index (χ0n) is 14.9. The van der Waals surface area contributed by atoms with Crippen LogP contribution < -0.4 is 10.0 Å². The molecule has 0 aromatic heterocycles. The molecule has 2 rings (SSSR count). The summed E-state index contributed by atoms with van der Waals surface area (Å²) in [6.07, 6.45) is 1.84. The van der Waals surface area contributed by atoms with E-state index in [0.29, 0.717) is 8.58 Å². The van der Waals surface area contributed by atoms with Crippen LogP contribution in [0.2, 0.25) is 0 Å². The van der Waals surface area contributed by atoms with Gasteiger partial charge in [-0.2, -0.15) is 0 Å². The van der Waals surface area contributed by atoms with Crippen molar-refractivity contribution in [2.45, 2.75) is 38.8 Å². The van der Waals surface area contributed by atoms with Gasteiger partial charge in [-0.05, 0) is 31.9 Å². The van der Waals surface area contributed by atoms with Crippen molar-refractivity contribution in [3.63, 3.8) is 0 Å². The minimum absolute atomic E-state index is 0.130. The molecular weight excluding hydrogens is 322 g/mol. The van der Waals surface area contributed by atoms with Gasteiger partial charge in [0, 0.05) is 23.1 Å². The smallest absolute Gasteiger partial charge is 0.188 e. The molecule has 0 radical (unpaired) electrons. The lowest BCUT2D eigenvalue weighted by molar-refractivity contribution is 0.0499. The van der Waals surface area contributed by atoms with E-state index < -0.39 is 0 Å². The second kappa shape index (κ2) is 8.60. The minimum Gasteiger partial charge on any atom is -0.467 e. The number of benzene rings is 2.